The molecule has 98 valence electrons. The Bertz CT molecular complexity index is 474. The van der Waals surface area contributed by atoms with E-state index in [0.717, 1.165) is 0 Å². The summed E-state index contributed by atoms with van der Waals surface area (Å²) in [4.78, 5) is 4.56. The fraction of sp³-hybridized carbons (Fsp3) is 0.467. The van der Waals surface area contributed by atoms with Gasteiger partial charge in [-0.3, -0.25) is 0 Å². The van der Waals surface area contributed by atoms with Gasteiger partial charge < -0.3 is 9.80 Å². The Kier molecular flexibility index (Phi) is 3.28. The van der Waals surface area contributed by atoms with E-state index in [1.54, 1.807) is 0 Å². The van der Waals surface area contributed by atoms with Crippen LogP contribution in [0.2, 0.25) is 19.6 Å². The van der Waals surface area contributed by atoms with Crippen LogP contribution in [-0.4, -0.2) is 26.2 Å². The molecule has 0 saturated heterocycles. The van der Waals surface area contributed by atoms with E-state index in [0.29, 0.717) is 6.17 Å². The highest BCUT2D eigenvalue weighted by molar-refractivity contribution is 6.88. The van der Waals surface area contributed by atoms with Gasteiger partial charge in [0.1, 0.15) is 6.17 Å². The van der Waals surface area contributed by atoms with Crippen molar-refractivity contribution in [1.29, 1.82) is 0 Å². The maximum atomic E-state index is 2.40. The third-order valence-corrected chi connectivity index (χ3v) is 5.84. The Morgan fingerprint density at radius 3 is 2.22 bits per heavy atom. The molecule has 1 aliphatic rings. The summed E-state index contributed by atoms with van der Waals surface area (Å²) in [5.74, 6) is 0. The Labute approximate surface area is 112 Å². The highest BCUT2D eigenvalue weighted by Crippen LogP contribution is 2.26. The quantitative estimate of drug-likeness (QED) is 0.754. The molecule has 0 aromatic heterocycles. The van der Waals surface area contributed by atoms with Crippen LogP contribution in [-0.2, 0) is 0 Å². The molecule has 18 heavy (non-hydrogen) atoms. The lowest BCUT2D eigenvalue weighted by Crippen LogP contribution is -2.38. The molecular weight excluding hydrogens is 236 g/mol. The average molecular weight is 260 g/mol. The summed E-state index contributed by atoms with van der Waals surface area (Å²) in [5, 5.41) is 1.54. The lowest BCUT2D eigenvalue weighted by Gasteiger charge is -2.29. The van der Waals surface area contributed by atoms with Crippen molar-refractivity contribution in [3.05, 3.63) is 36.2 Å². The van der Waals surface area contributed by atoms with Crippen LogP contribution in [0.15, 0.2) is 30.6 Å². The fourth-order valence-electron chi connectivity index (χ4n) is 2.32. The van der Waals surface area contributed by atoms with Crippen molar-refractivity contribution in [3.63, 3.8) is 0 Å². The summed E-state index contributed by atoms with van der Waals surface area (Å²) < 4.78 is 0. The first-order valence-electron chi connectivity index (χ1n) is 6.60. The normalized spacial score (nSPS) is 19.8. The molecule has 1 heterocycles. The molecule has 1 aromatic rings. The van der Waals surface area contributed by atoms with Crippen molar-refractivity contribution in [3.8, 4) is 0 Å². The minimum Gasteiger partial charge on any atom is -0.359 e. The summed E-state index contributed by atoms with van der Waals surface area (Å²) >= 11 is 0. The lowest BCUT2D eigenvalue weighted by atomic mass is 10.2. The van der Waals surface area contributed by atoms with Crippen LogP contribution in [0.5, 0.6) is 0 Å². The molecule has 1 aliphatic heterocycles. The molecule has 0 spiro atoms. The zero-order valence-corrected chi connectivity index (χ0v) is 13.4. The van der Waals surface area contributed by atoms with Crippen molar-refractivity contribution < 1.29 is 0 Å². The standard InChI is InChI=1S/C15H24N2Si/c1-12-11-14(18(4,5)6)7-8-15(12)17-10-9-16(3)13(17)2/h7-11,13H,1-6H3/t13-/m0/s1. The minimum absolute atomic E-state index is 0.404. The molecule has 0 fully saturated rings. The van der Waals surface area contributed by atoms with Crippen molar-refractivity contribution in [2.45, 2.75) is 39.7 Å². The Balaban J connectivity index is 2.34. The third kappa shape index (κ3) is 2.32. The van der Waals surface area contributed by atoms with Gasteiger partial charge in [0.25, 0.3) is 0 Å². The molecule has 0 saturated carbocycles. The molecule has 1 aromatic carbocycles. The second-order valence-electron chi connectivity index (χ2n) is 6.25. The predicted octanol–water partition coefficient (Wildman–Crippen LogP) is 3.11. The smallest absolute Gasteiger partial charge is 0.102 e. The summed E-state index contributed by atoms with van der Waals surface area (Å²) in [6, 6.07) is 6.97. The maximum absolute atomic E-state index is 2.40. The van der Waals surface area contributed by atoms with Crippen molar-refractivity contribution in [2.24, 2.45) is 0 Å². The van der Waals surface area contributed by atoms with Gasteiger partial charge in [0, 0.05) is 25.1 Å². The highest BCUT2D eigenvalue weighted by atomic mass is 28.3. The molecule has 0 unspecified atom stereocenters. The molecule has 2 rings (SSSR count). The molecule has 1 atom stereocenters. The van der Waals surface area contributed by atoms with Gasteiger partial charge in [-0.05, 0) is 25.5 Å². The monoisotopic (exact) mass is 260 g/mol. The van der Waals surface area contributed by atoms with E-state index in [9.17, 15) is 0 Å². The Morgan fingerprint density at radius 2 is 1.78 bits per heavy atom. The average Bonchev–Trinajstić information content (AvgIpc) is 2.59. The molecule has 3 heteroatoms. The molecule has 0 N–H and O–H groups in total. The van der Waals surface area contributed by atoms with Gasteiger partial charge in [0.2, 0.25) is 0 Å². The van der Waals surface area contributed by atoms with Gasteiger partial charge in [0.05, 0.1) is 8.07 Å². The molecular formula is C15H24N2Si. The number of benzene rings is 1. The minimum atomic E-state index is -1.20. The van der Waals surface area contributed by atoms with Crippen LogP contribution in [0.25, 0.3) is 0 Å². The zero-order valence-electron chi connectivity index (χ0n) is 12.4. The predicted molar refractivity (Wildman–Crippen MR) is 83.0 cm³/mol. The number of rotatable bonds is 2. The maximum Gasteiger partial charge on any atom is 0.102 e. The fourth-order valence-corrected chi connectivity index (χ4v) is 3.55. The molecule has 0 bridgehead atoms. The Morgan fingerprint density at radius 1 is 1.11 bits per heavy atom. The number of hydrogen-bond acceptors (Lipinski definition) is 2. The molecule has 0 radical (unpaired) electrons. The van der Waals surface area contributed by atoms with Gasteiger partial charge in [-0.1, -0.05) is 37.0 Å². The van der Waals surface area contributed by atoms with Crippen LogP contribution >= 0.6 is 0 Å². The summed E-state index contributed by atoms with van der Waals surface area (Å²) in [6.07, 6.45) is 4.71. The van der Waals surface area contributed by atoms with Crippen LogP contribution in [0, 0.1) is 6.92 Å². The third-order valence-electron chi connectivity index (χ3n) is 3.80. The van der Waals surface area contributed by atoms with E-state index in [1.807, 2.05) is 0 Å². The summed E-state index contributed by atoms with van der Waals surface area (Å²) in [5.41, 5.74) is 2.70. The summed E-state index contributed by atoms with van der Waals surface area (Å²) in [6.45, 7) is 11.6. The highest BCUT2D eigenvalue weighted by Gasteiger charge is 2.23. The van der Waals surface area contributed by atoms with E-state index >= 15 is 0 Å². The van der Waals surface area contributed by atoms with Crippen LogP contribution in [0.4, 0.5) is 5.69 Å². The Hall–Kier alpha value is -1.22. The molecule has 2 nitrogen and oxygen atoms in total. The van der Waals surface area contributed by atoms with Gasteiger partial charge in [0.15, 0.2) is 0 Å². The second-order valence-corrected chi connectivity index (χ2v) is 11.3. The van der Waals surface area contributed by atoms with Gasteiger partial charge in [-0.25, -0.2) is 0 Å². The first-order valence-corrected chi connectivity index (χ1v) is 10.1. The SMILES string of the molecule is Cc1cc([Si](C)(C)C)ccc1N1C=CN(C)[C@@H]1C. The number of hydrogen-bond donors (Lipinski definition) is 0. The van der Waals surface area contributed by atoms with Crippen molar-refractivity contribution >= 4 is 18.9 Å². The van der Waals surface area contributed by atoms with E-state index in [4.69, 9.17) is 0 Å². The second kappa shape index (κ2) is 4.46. The molecule has 0 amide bonds. The number of aryl methyl sites for hydroxylation is 1. The lowest BCUT2D eigenvalue weighted by molar-refractivity contribution is 0.383. The van der Waals surface area contributed by atoms with Crippen molar-refractivity contribution in [1.82, 2.24) is 4.90 Å². The number of nitrogens with zero attached hydrogens (tertiary/aromatic N) is 2. The van der Waals surface area contributed by atoms with E-state index in [-0.39, 0.29) is 0 Å². The van der Waals surface area contributed by atoms with Crippen molar-refractivity contribution in [2.75, 3.05) is 11.9 Å². The summed E-state index contributed by atoms with van der Waals surface area (Å²) in [7, 11) is 0.913. The van der Waals surface area contributed by atoms with Gasteiger partial charge in [-0.2, -0.15) is 0 Å². The van der Waals surface area contributed by atoms with Crippen LogP contribution < -0.4 is 10.1 Å². The van der Waals surface area contributed by atoms with Crippen LogP contribution in [0.3, 0.4) is 0 Å². The van der Waals surface area contributed by atoms with Crippen LogP contribution in [0.1, 0.15) is 12.5 Å². The zero-order chi connectivity index (χ0) is 13.5. The largest absolute Gasteiger partial charge is 0.359 e. The first kappa shape index (κ1) is 13.2. The first-order chi connectivity index (χ1) is 8.30. The van der Waals surface area contributed by atoms with E-state index in [1.165, 1.54) is 16.4 Å². The topological polar surface area (TPSA) is 6.48 Å². The van der Waals surface area contributed by atoms with E-state index < -0.39 is 8.07 Å². The molecule has 0 aliphatic carbocycles. The van der Waals surface area contributed by atoms with Gasteiger partial charge >= 0.3 is 0 Å². The van der Waals surface area contributed by atoms with Gasteiger partial charge in [-0.15, -0.1) is 0 Å². The van der Waals surface area contributed by atoms with E-state index in [2.05, 4.69) is 80.9 Å². The number of anilines is 1.